The van der Waals surface area contributed by atoms with Crippen LogP contribution in [-0.2, 0) is 14.8 Å². The number of halogens is 1. The van der Waals surface area contributed by atoms with Gasteiger partial charge in [0.2, 0.25) is 15.9 Å². The number of hydrogen-bond acceptors (Lipinski definition) is 4. The third-order valence-corrected chi connectivity index (χ3v) is 3.91. The maximum absolute atomic E-state index is 12.0. The van der Waals surface area contributed by atoms with Crippen molar-refractivity contribution >= 4 is 33.2 Å². The van der Waals surface area contributed by atoms with Crippen LogP contribution in [0.5, 0.6) is 0 Å². The third-order valence-electron chi connectivity index (χ3n) is 2.20. The molecule has 0 radical (unpaired) electrons. The zero-order valence-corrected chi connectivity index (χ0v) is 13.1. The van der Waals surface area contributed by atoms with Crippen LogP contribution in [0.1, 0.15) is 20.8 Å². The van der Waals surface area contributed by atoms with Gasteiger partial charge in [-0.1, -0.05) is 11.6 Å². The first kappa shape index (κ1) is 16.7. The van der Waals surface area contributed by atoms with E-state index in [4.69, 9.17) is 17.3 Å². The molecule has 0 aliphatic rings. The Balaban J connectivity index is 2.78. The summed E-state index contributed by atoms with van der Waals surface area (Å²) < 4.78 is 26.2. The fraction of sp³-hybridized carbons (Fsp3) is 0.417. The molecule has 1 rings (SSSR count). The van der Waals surface area contributed by atoms with Gasteiger partial charge < -0.3 is 11.1 Å². The highest BCUT2D eigenvalue weighted by Gasteiger charge is 2.20. The number of carbonyl (C=O) groups is 1. The number of nitrogens with two attached hydrogens (primary N) is 1. The molecule has 0 bridgehead atoms. The first-order valence-corrected chi connectivity index (χ1v) is 7.73. The SMILES string of the molecule is CC(C)(C)NC(=O)CNS(=O)(=O)c1ccc(Cl)cc1N. The van der Waals surface area contributed by atoms with Gasteiger partial charge in [-0.3, -0.25) is 4.79 Å². The smallest absolute Gasteiger partial charge is 0.243 e. The molecule has 4 N–H and O–H groups in total. The summed E-state index contributed by atoms with van der Waals surface area (Å²) in [6.45, 7) is 5.05. The Bertz CT molecular complexity index is 609. The quantitative estimate of drug-likeness (QED) is 0.724. The lowest BCUT2D eigenvalue weighted by Crippen LogP contribution is -2.45. The van der Waals surface area contributed by atoms with Gasteiger partial charge in [0, 0.05) is 10.6 Å². The molecule has 0 fully saturated rings. The fourth-order valence-corrected chi connectivity index (χ4v) is 2.74. The van der Waals surface area contributed by atoms with Crippen molar-refractivity contribution in [3.05, 3.63) is 23.2 Å². The van der Waals surface area contributed by atoms with Crippen molar-refractivity contribution in [3.8, 4) is 0 Å². The van der Waals surface area contributed by atoms with E-state index in [1.807, 2.05) is 0 Å². The summed E-state index contributed by atoms with van der Waals surface area (Å²) >= 11 is 5.71. The van der Waals surface area contributed by atoms with E-state index in [9.17, 15) is 13.2 Å². The van der Waals surface area contributed by atoms with Gasteiger partial charge in [0.25, 0.3) is 0 Å². The van der Waals surface area contributed by atoms with Crippen molar-refractivity contribution in [1.82, 2.24) is 10.0 Å². The third kappa shape index (κ3) is 4.99. The molecule has 112 valence electrons. The lowest BCUT2D eigenvalue weighted by molar-refractivity contribution is -0.121. The molecule has 1 aromatic rings. The largest absolute Gasteiger partial charge is 0.398 e. The van der Waals surface area contributed by atoms with E-state index in [-0.39, 0.29) is 17.1 Å². The highest BCUT2D eigenvalue weighted by molar-refractivity contribution is 7.89. The number of sulfonamides is 1. The van der Waals surface area contributed by atoms with Crippen LogP contribution in [0.4, 0.5) is 5.69 Å². The summed E-state index contributed by atoms with van der Waals surface area (Å²) in [7, 11) is -3.85. The van der Waals surface area contributed by atoms with Gasteiger partial charge in [0.1, 0.15) is 4.90 Å². The maximum atomic E-state index is 12.0. The number of hydrogen-bond donors (Lipinski definition) is 3. The molecule has 0 aliphatic carbocycles. The topological polar surface area (TPSA) is 101 Å². The number of amides is 1. The van der Waals surface area contributed by atoms with Crippen LogP contribution in [0, 0.1) is 0 Å². The molecule has 1 aromatic carbocycles. The second kappa shape index (κ2) is 5.99. The summed E-state index contributed by atoms with van der Waals surface area (Å²) in [5.74, 6) is -0.423. The number of benzene rings is 1. The highest BCUT2D eigenvalue weighted by atomic mass is 35.5. The minimum absolute atomic E-state index is 0.0289. The summed E-state index contributed by atoms with van der Waals surface area (Å²) in [6.07, 6.45) is 0. The van der Waals surface area contributed by atoms with E-state index in [1.165, 1.54) is 18.2 Å². The minimum atomic E-state index is -3.85. The van der Waals surface area contributed by atoms with Crippen LogP contribution in [-0.4, -0.2) is 26.4 Å². The van der Waals surface area contributed by atoms with Gasteiger partial charge in [-0.15, -0.1) is 0 Å². The molecule has 6 nitrogen and oxygen atoms in total. The second-order valence-electron chi connectivity index (χ2n) is 5.30. The van der Waals surface area contributed by atoms with E-state index in [0.29, 0.717) is 5.02 Å². The van der Waals surface area contributed by atoms with Crippen LogP contribution in [0.25, 0.3) is 0 Å². The van der Waals surface area contributed by atoms with Crippen molar-refractivity contribution in [2.75, 3.05) is 12.3 Å². The molecular weight excluding hydrogens is 302 g/mol. The van der Waals surface area contributed by atoms with Crippen molar-refractivity contribution < 1.29 is 13.2 Å². The van der Waals surface area contributed by atoms with Gasteiger partial charge in [-0.2, -0.15) is 0 Å². The van der Waals surface area contributed by atoms with Gasteiger partial charge in [0.05, 0.1) is 12.2 Å². The van der Waals surface area contributed by atoms with Crippen LogP contribution < -0.4 is 15.8 Å². The predicted octanol–water partition coefficient (Wildman–Crippen LogP) is 1.12. The lowest BCUT2D eigenvalue weighted by Gasteiger charge is -2.20. The molecule has 20 heavy (non-hydrogen) atoms. The molecule has 1 amide bonds. The molecular formula is C12H18ClN3O3S. The van der Waals surface area contributed by atoms with Crippen molar-refractivity contribution in [2.24, 2.45) is 0 Å². The molecule has 0 saturated carbocycles. The fourth-order valence-electron chi connectivity index (χ4n) is 1.46. The van der Waals surface area contributed by atoms with E-state index in [2.05, 4.69) is 10.0 Å². The maximum Gasteiger partial charge on any atom is 0.243 e. The Morgan fingerprint density at radius 3 is 2.45 bits per heavy atom. The number of nitrogens with one attached hydrogen (secondary N) is 2. The zero-order chi connectivity index (χ0) is 15.6. The molecule has 8 heteroatoms. The molecule has 0 unspecified atom stereocenters. The molecule has 0 atom stereocenters. The monoisotopic (exact) mass is 319 g/mol. The minimum Gasteiger partial charge on any atom is -0.398 e. The van der Waals surface area contributed by atoms with Gasteiger partial charge in [-0.05, 0) is 39.0 Å². The summed E-state index contributed by atoms with van der Waals surface area (Å²) in [5.41, 5.74) is 5.21. The molecule has 0 saturated heterocycles. The van der Waals surface area contributed by atoms with Crippen molar-refractivity contribution in [1.29, 1.82) is 0 Å². The number of rotatable bonds is 4. The normalized spacial score (nSPS) is 12.2. The van der Waals surface area contributed by atoms with Crippen LogP contribution in [0.2, 0.25) is 5.02 Å². The Kier molecular flexibility index (Phi) is 5.01. The molecule has 0 spiro atoms. The zero-order valence-electron chi connectivity index (χ0n) is 11.5. The first-order chi connectivity index (χ1) is 9.01. The predicted molar refractivity (Wildman–Crippen MR) is 78.9 cm³/mol. The molecule has 0 aromatic heterocycles. The Labute approximate surface area is 123 Å². The Hall–Kier alpha value is -1.31. The van der Waals surface area contributed by atoms with Crippen molar-refractivity contribution in [2.45, 2.75) is 31.2 Å². The van der Waals surface area contributed by atoms with Crippen LogP contribution >= 0.6 is 11.6 Å². The standard InChI is InChI=1S/C12H18ClN3O3S/c1-12(2,3)16-11(17)7-15-20(18,19)10-5-4-8(13)6-9(10)14/h4-6,15H,7,14H2,1-3H3,(H,16,17). The van der Waals surface area contributed by atoms with Crippen molar-refractivity contribution in [3.63, 3.8) is 0 Å². The van der Waals surface area contributed by atoms with E-state index >= 15 is 0 Å². The van der Waals surface area contributed by atoms with Gasteiger partial charge in [0.15, 0.2) is 0 Å². The summed E-state index contributed by atoms with van der Waals surface area (Å²) in [4.78, 5) is 11.5. The first-order valence-electron chi connectivity index (χ1n) is 5.87. The Morgan fingerprint density at radius 1 is 1.35 bits per heavy atom. The summed E-state index contributed by atoms with van der Waals surface area (Å²) in [5, 5.41) is 2.99. The molecule has 0 heterocycles. The number of nitrogen functional groups attached to an aromatic ring is 1. The lowest BCUT2D eigenvalue weighted by atomic mass is 10.1. The Morgan fingerprint density at radius 2 is 1.95 bits per heavy atom. The number of anilines is 1. The summed E-state index contributed by atoms with van der Waals surface area (Å²) in [6, 6.07) is 4.05. The highest BCUT2D eigenvalue weighted by Crippen LogP contribution is 2.21. The average molecular weight is 320 g/mol. The van der Waals surface area contributed by atoms with Gasteiger partial charge in [-0.25, -0.2) is 13.1 Å². The van der Waals surface area contributed by atoms with E-state index < -0.39 is 21.5 Å². The number of carbonyl (C=O) groups excluding carboxylic acids is 1. The van der Waals surface area contributed by atoms with Crippen LogP contribution in [0.3, 0.4) is 0 Å². The molecule has 0 aliphatic heterocycles. The second-order valence-corrected chi connectivity index (χ2v) is 7.48. The van der Waals surface area contributed by atoms with Gasteiger partial charge >= 0.3 is 0 Å². The van der Waals surface area contributed by atoms with E-state index in [0.717, 1.165) is 0 Å². The van der Waals surface area contributed by atoms with Crippen LogP contribution in [0.15, 0.2) is 23.1 Å². The van der Waals surface area contributed by atoms with E-state index in [1.54, 1.807) is 20.8 Å². The average Bonchev–Trinajstić information content (AvgIpc) is 2.23.